The topological polar surface area (TPSA) is 67.2 Å². The molecule has 0 fully saturated rings. The minimum Gasteiger partial charge on any atom is -0.338 e. The van der Waals surface area contributed by atoms with Crippen LogP contribution < -0.4 is 10.6 Å². The van der Waals surface area contributed by atoms with E-state index in [1.54, 1.807) is 18.2 Å². The number of anilines is 2. The molecule has 2 rings (SSSR count). The Morgan fingerprint density at radius 2 is 2.00 bits per heavy atom. The fourth-order valence-corrected chi connectivity index (χ4v) is 2.21. The van der Waals surface area contributed by atoms with Gasteiger partial charge >= 0.3 is 6.03 Å². The molecule has 0 aliphatic heterocycles. The predicted octanol–water partition coefficient (Wildman–Crippen LogP) is 5.06. The third-order valence-corrected chi connectivity index (χ3v) is 3.75. The van der Waals surface area contributed by atoms with Crippen LogP contribution in [0.25, 0.3) is 0 Å². The molecule has 2 aromatic rings. The number of hydrogen-bond donors (Lipinski definition) is 2. The first-order chi connectivity index (χ1) is 9.90. The van der Waals surface area contributed by atoms with Crippen molar-refractivity contribution in [2.24, 2.45) is 0 Å². The van der Waals surface area contributed by atoms with Crippen LogP contribution in [0.15, 0.2) is 22.7 Å². The van der Waals surface area contributed by atoms with E-state index in [0.29, 0.717) is 16.6 Å². The zero-order chi connectivity index (χ0) is 15.6. The van der Waals surface area contributed by atoms with Gasteiger partial charge in [-0.25, -0.2) is 4.79 Å². The number of aromatic nitrogens is 1. The van der Waals surface area contributed by atoms with Crippen LogP contribution in [0.1, 0.15) is 31.0 Å². The maximum atomic E-state index is 12.0. The molecule has 2 N–H and O–H groups in total. The fraction of sp³-hybridized carbons (Fsp3) is 0.286. The summed E-state index contributed by atoms with van der Waals surface area (Å²) in [6.07, 6.45) is 0. The lowest BCUT2D eigenvalue weighted by Gasteiger charge is -2.08. The van der Waals surface area contributed by atoms with Gasteiger partial charge in [0.25, 0.3) is 0 Å². The lowest BCUT2D eigenvalue weighted by Crippen LogP contribution is -2.19. The third kappa shape index (κ3) is 3.49. The van der Waals surface area contributed by atoms with Crippen molar-refractivity contribution >= 4 is 40.8 Å². The highest BCUT2D eigenvalue weighted by Gasteiger charge is 2.17. The van der Waals surface area contributed by atoms with Gasteiger partial charge in [0.1, 0.15) is 0 Å². The van der Waals surface area contributed by atoms with Crippen molar-refractivity contribution in [3.8, 4) is 0 Å². The van der Waals surface area contributed by atoms with Crippen molar-refractivity contribution in [1.82, 2.24) is 5.16 Å². The van der Waals surface area contributed by atoms with Gasteiger partial charge in [-0.1, -0.05) is 48.3 Å². The summed E-state index contributed by atoms with van der Waals surface area (Å²) in [5.41, 5.74) is 2.03. The van der Waals surface area contributed by atoms with Crippen LogP contribution >= 0.6 is 23.2 Å². The average molecular weight is 328 g/mol. The Kier molecular flexibility index (Phi) is 4.75. The first-order valence-electron chi connectivity index (χ1n) is 6.38. The smallest absolute Gasteiger partial charge is 0.326 e. The van der Waals surface area contributed by atoms with E-state index in [1.165, 1.54) is 0 Å². The minimum absolute atomic E-state index is 0.217. The molecule has 0 aliphatic rings. The zero-order valence-corrected chi connectivity index (χ0v) is 13.3. The van der Waals surface area contributed by atoms with E-state index in [2.05, 4.69) is 15.8 Å². The van der Waals surface area contributed by atoms with Crippen LogP contribution in [-0.4, -0.2) is 11.2 Å². The molecule has 7 heteroatoms. The molecule has 0 saturated heterocycles. The van der Waals surface area contributed by atoms with Crippen molar-refractivity contribution in [3.63, 3.8) is 0 Å². The molecular formula is C14H15Cl2N3O2. The molecular weight excluding hydrogens is 313 g/mol. The second-order valence-electron chi connectivity index (χ2n) is 4.86. The zero-order valence-electron chi connectivity index (χ0n) is 11.8. The summed E-state index contributed by atoms with van der Waals surface area (Å²) in [6, 6.07) is 4.51. The van der Waals surface area contributed by atoms with E-state index < -0.39 is 6.03 Å². The van der Waals surface area contributed by atoms with Crippen molar-refractivity contribution in [2.45, 2.75) is 26.7 Å². The van der Waals surface area contributed by atoms with Crippen LogP contribution in [0, 0.1) is 6.92 Å². The first-order valence-corrected chi connectivity index (χ1v) is 7.14. The second-order valence-corrected chi connectivity index (χ2v) is 5.64. The number of benzene rings is 1. The molecule has 5 nitrogen and oxygen atoms in total. The van der Waals surface area contributed by atoms with Gasteiger partial charge in [0.05, 0.1) is 21.4 Å². The summed E-state index contributed by atoms with van der Waals surface area (Å²) in [4.78, 5) is 12.0. The normalized spacial score (nSPS) is 10.8. The van der Waals surface area contributed by atoms with Gasteiger partial charge in [-0.15, -0.1) is 0 Å². The number of halogens is 2. The number of carbonyl (C=O) groups is 1. The maximum Gasteiger partial charge on any atom is 0.326 e. The van der Waals surface area contributed by atoms with E-state index in [0.717, 1.165) is 11.3 Å². The highest BCUT2D eigenvalue weighted by Crippen LogP contribution is 2.30. The van der Waals surface area contributed by atoms with E-state index in [9.17, 15) is 4.79 Å². The maximum absolute atomic E-state index is 12.0. The number of carbonyl (C=O) groups excluding carboxylic acids is 1. The Labute approximate surface area is 132 Å². The van der Waals surface area contributed by atoms with Gasteiger partial charge in [0.2, 0.25) is 5.88 Å². The monoisotopic (exact) mass is 327 g/mol. The predicted molar refractivity (Wildman–Crippen MR) is 84.4 cm³/mol. The van der Waals surface area contributed by atoms with Crippen LogP contribution in [0.4, 0.5) is 16.4 Å². The van der Waals surface area contributed by atoms with Crippen LogP contribution in [0.5, 0.6) is 0 Å². The van der Waals surface area contributed by atoms with Crippen molar-refractivity contribution in [3.05, 3.63) is 39.5 Å². The summed E-state index contributed by atoms with van der Waals surface area (Å²) in [6.45, 7) is 5.84. The van der Waals surface area contributed by atoms with Gasteiger partial charge < -0.3 is 9.84 Å². The summed E-state index contributed by atoms with van der Waals surface area (Å²) in [5, 5.41) is 9.80. The molecule has 0 aliphatic carbocycles. The van der Waals surface area contributed by atoms with Crippen LogP contribution in [0.3, 0.4) is 0 Å². The van der Waals surface area contributed by atoms with Crippen molar-refractivity contribution in [1.29, 1.82) is 0 Å². The number of hydrogen-bond acceptors (Lipinski definition) is 3. The molecule has 0 saturated carbocycles. The van der Waals surface area contributed by atoms with Gasteiger partial charge in [0, 0.05) is 5.56 Å². The standard InChI is InChI=1S/C14H15Cl2N3O2/c1-7(2)12-8(3)13(21-19-12)18-14(20)17-10-6-4-5-9(15)11(10)16/h4-7H,1-3H3,(H2,17,18,20). The lowest BCUT2D eigenvalue weighted by atomic mass is 10.1. The van der Waals surface area contributed by atoms with Gasteiger partial charge in [-0.05, 0) is 25.0 Å². The Morgan fingerprint density at radius 1 is 1.29 bits per heavy atom. The number of amides is 2. The highest BCUT2D eigenvalue weighted by molar-refractivity contribution is 6.44. The van der Waals surface area contributed by atoms with Gasteiger partial charge in [0.15, 0.2) is 0 Å². The highest BCUT2D eigenvalue weighted by atomic mass is 35.5. The third-order valence-electron chi connectivity index (χ3n) is 2.93. The Bertz CT molecular complexity index is 668. The second kappa shape index (κ2) is 6.37. The number of rotatable bonds is 3. The fourth-order valence-electron chi connectivity index (χ4n) is 1.86. The van der Waals surface area contributed by atoms with E-state index in [4.69, 9.17) is 27.7 Å². The van der Waals surface area contributed by atoms with E-state index in [-0.39, 0.29) is 10.9 Å². The molecule has 0 bridgehead atoms. The molecule has 0 unspecified atom stereocenters. The number of urea groups is 1. The molecule has 0 atom stereocenters. The molecule has 21 heavy (non-hydrogen) atoms. The molecule has 1 aromatic heterocycles. The summed E-state index contributed by atoms with van der Waals surface area (Å²) >= 11 is 11.9. The molecule has 2 amide bonds. The van der Waals surface area contributed by atoms with Crippen LogP contribution in [-0.2, 0) is 0 Å². The Hall–Kier alpha value is -1.72. The number of nitrogens with zero attached hydrogens (tertiary/aromatic N) is 1. The largest absolute Gasteiger partial charge is 0.338 e. The van der Waals surface area contributed by atoms with Gasteiger partial charge in [-0.3, -0.25) is 5.32 Å². The molecule has 1 heterocycles. The van der Waals surface area contributed by atoms with Crippen LogP contribution in [0.2, 0.25) is 10.0 Å². The lowest BCUT2D eigenvalue weighted by molar-refractivity contribution is 0.261. The summed E-state index contributed by atoms with van der Waals surface area (Å²) < 4.78 is 5.14. The Morgan fingerprint density at radius 3 is 2.62 bits per heavy atom. The van der Waals surface area contributed by atoms with E-state index in [1.807, 2.05) is 20.8 Å². The molecule has 0 spiro atoms. The SMILES string of the molecule is Cc1c(C(C)C)noc1NC(=O)Nc1cccc(Cl)c1Cl. The molecule has 0 radical (unpaired) electrons. The van der Waals surface area contributed by atoms with Gasteiger partial charge in [-0.2, -0.15) is 0 Å². The summed E-state index contributed by atoms with van der Waals surface area (Å²) in [5.74, 6) is 0.532. The van der Waals surface area contributed by atoms with E-state index >= 15 is 0 Å². The quantitative estimate of drug-likeness (QED) is 0.828. The Balaban J connectivity index is 2.10. The van der Waals surface area contributed by atoms with Crippen molar-refractivity contribution < 1.29 is 9.32 Å². The summed E-state index contributed by atoms with van der Waals surface area (Å²) in [7, 11) is 0. The van der Waals surface area contributed by atoms with Crippen molar-refractivity contribution in [2.75, 3.05) is 10.6 Å². The average Bonchev–Trinajstić information content (AvgIpc) is 2.77. The molecule has 1 aromatic carbocycles. The number of nitrogens with one attached hydrogen (secondary N) is 2. The molecule has 112 valence electrons. The first kappa shape index (κ1) is 15.7. The minimum atomic E-state index is -0.478.